The van der Waals surface area contributed by atoms with E-state index in [0.717, 1.165) is 32.5 Å². The molecule has 1 saturated carbocycles. The van der Waals surface area contributed by atoms with Gasteiger partial charge in [0.2, 0.25) is 5.91 Å². The highest BCUT2D eigenvalue weighted by atomic mass is 16.5. The van der Waals surface area contributed by atoms with Crippen LogP contribution >= 0.6 is 0 Å². The lowest BCUT2D eigenvalue weighted by atomic mass is 9.90. The summed E-state index contributed by atoms with van der Waals surface area (Å²) in [6.07, 6.45) is 8.97. The molecule has 134 valence electrons. The van der Waals surface area contributed by atoms with Gasteiger partial charge in [-0.3, -0.25) is 4.79 Å². The molecule has 2 atom stereocenters. The van der Waals surface area contributed by atoms with Crippen LogP contribution in [0.2, 0.25) is 0 Å². The summed E-state index contributed by atoms with van der Waals surface area (Å²) in [6, 6.07) is -0.0639. The van der Waals surface area contributed by atoms with Crippen LogP contribution in [0.3, 0.4) is 0 Å². The van der Waals surface area contributed by atoms with Gasteiger partial charge in [-0.05, 0) is 51.6 Å². The number of nitrogens with one attached hydrogen (secondary N) is 2. The van der Waals surface area contributed by atoms with E-state index in [4.69, 9.17) is 9.47 Å². The molecule has 1 aliphatic carbocycles. The van der Waals surface area contributed by atoms with Crippen molar-refractivity contribution in [1.82, 2.24) is 10.6 Å². The van der Waals surface area contributed by atoms with Crippen molar-refractivity contribution in [3.63, 3.8) is 0 Å². The maximum Gasteiger partial charge on any atom is 0.217 e. The highest BCUT2D eigenvalue weighted by Gasteiger charge is 2.23. The third kappa shape index (κ3) is 7.19. The average Bonchev–Trinajstić information content (AvgIpc) is 2.58. The summed E-state index contributed by atoms with van der Waals surface area (Å²) in [6.45, 7) is 6.99. The van der Waals surface area contributed by atoms with Gasteiger partial charge in [0, 0.05) is 13.5 Å². The Bertz CT molecular complexity index is 339. The van der Waals surface area contributed by atoms with E-state index < -0.39 is 0 Å². The van der Waals surface area contributed by atoms with Gasteiger partial charge in [0.25, 0.3) is 0 Å². The van der Waals surface area contributed by atoms with E-state index in [1.165, 1.54) is 32.1 Å². The van der Waals surface area contributed by atoms with Crippen LogP contribution in [0.15, 0.2) is 0 Å². The maximum absolute atomic E-state index is 11.5. The van der Waals surface area contributed by atoms with Crippen LogP contribution in [0.4, 0.5) is 0 Å². The van der Waals surface area contributed by atoms with E-state index in [0.29, 0.717) is 18.6 Å². The van der Waals surface area contributed by atoms with Crippen molar-refractivity contribution in [1.29, 1.82) is 0 Å². The fourth-order valence-electron chi connectivity index (χ4n) is 3.52. The standard InChI is InChI=1S/C18H34N2O3/c1-14(22-12-16-6-4-3-5-7-16)18(20-15(2)21)13-23-17-8-10-19-11-9-17/h14,16-19H,3-13H2,1-2H3,(H,20,21). The van der Waals surface area contributed by atoms with Crippen LogP contribution in [0.5, 0.6) is 0 Å². The fraction of sp³-hybridized carbons (Fsp3) is 0.944. The minimum absolute atomic E-state index is 0.0115. The first-order valence-corrected chi connectivity index (χ1v) is 9.36. The third-order valence-electron chi connectivity index (χ3n) is 5.07. The van der Waals surface area contributed by atoms with Gasteiger partial charge in [0.15, 0.2) is 0 Å². The van der Waals surface area contributed by atoms with Gasteiger partial charge in [-0.2, -0.15) is 0 Å². The molecule has 2 N–H and O–H groups in total. The molecule has 1 amide bonds. The summed E-state index contributed by atoms with van der Waals surface area (Å²) in [5.41, 5.74) is 0. The Labute approximate surface area is 140 Å². The third-order valence-corrected chi connectivity index (χ3v) is 5.07. The maximum atomic E-state index is 11.5. The molecule has 2 rings (SSSR count). The Morgan fingerprint density at radius 1 is 1.17 bits per heavy atom. The molecule has 2 unspecified atom stereocenters. The van der Waals surface area contributed by atoms with Crippen molar-refractivity contribution in [2.24, 2.45) is 5.92 Å². The summed E-state index contributed by atoms with van der Waals surface area (Å²) in [7, 11) is 0. The minimum atomic E-state index is -0.0639. The van der Waals surface area contributed by atoms with Crippen molar-refractivity contribution in [2.75, 3.05) is 26.3 Å². The molecular formula is C18H34N2O3. The summed E-state index contributed by atoms with van der Waals surface area (Å²) in [5, 5.41) is 6.34. The number of piperidine rings is 1. The molecule has 23 heavy (non-hydrogen) atoms. The molecule has 5 heteroatoms. The predicted octanol–water partition coefficient (Wildman–Crippen LogP) is 2.25. The van der Waals surface area contributed by atoms with Gasteiger partial charge in [0.1, 0.15) is 0 Å². The lowest BCUT2D eigenvalue weighted by Gasteiger charge is -2.30. The van der Waals surface area contributed by atoms with E-state index in [9.17, 15) is 4.79 Å². The van der Waals surface area contributed by atoms with Crippen LogP contribution in [0.1, 0.15) is 58.8 Å². The number of carbonyl (C=O) groups excluding carboxylic acids is 1. The highest BCUT2D eigenvalue weighted by molar-refractivity contribution is 5.73. The number of amides is 1. The van der Waals surface area contributed by atoms with Gasteiger partial charge in [0.05, 0.1) is 24.9 Å². The Morgan fingerprint density at radius 3 is 2.52 bits per heavy atom. The molecule has 2 fully saturated rings. The molecule has 0 radical (unpaired) electrons. The molecule has 2 aliphatic rings. The molecule has 5 nitrogen and oxygen atoms in total. The lowest BCUT2D eigenvalue weighted by Crippen LogP contribution is -2.47. The van der Waals surface area contributed by atoms with E-state index in [1.54, 1.807) is 6.92 Å². The normalized spacial score (nSPS) is 23.4. The van der Waals surface area contributed by atoms with Gasteiger partial charge < -0.3 is 20.1 Å². The molecule has 1 saturated heterocycles. The number of hydrogen-bond donors (Lipinski definition) is 2. The monoisotopic (exact) mass is 326 g/mol. The molecule has 0 aromatic heterocycles. The molecule has 0 bridgehead atoms. The first kappa shape index (κ1) is 18.7. The van der Waals surface area contributed by atoms with E-state index in [1.807, 2.05) is 0 Å². The van der Waals surface area contributed by atoms with Crippen LogP contribution < -0.4 is 10.6 Å². The molecular weight excluding hydrogens is 292 g/mol. The second-order valence-electron chi connectivity index (χ2n) is 7.13. The minimum Gasteiger partial charge on any atom is -0.376 e. The van der Waals surface area contributed by atoms with Gasteiger partial charge in [-0.15, -0.1) is 0 Å². The van der Waals surface area contributed by atoms with Crippen molar-refractivity contribution in [2.45, 2.75) is 77.0 Å². The molecule has 1 aliphatic heterocycles. The van der Waals surface area contributed by atoms with Crippen LogP contribution in [0.25, 0.3) is 0 Å². The smallest absolute Gasteiger partial charge is 0.217 e. The zero-order valence-corrected chi connectivity index (χ0v) is 14.8. The topological polar surface area (TPSA) is 59.6 Å². The predicted molar refractivity (Wildman–Crippen MR) is 91.4 cm³/mol. The van der Waals surface area contributed by atoms with Crippen molar-refractivity contribution < 1.29 is 14.3 Å². The second-order valence-corrected chi connectivity index (χ2v) is 7.13. The fourth-order valence-corrected chi connectivity index (χ4v) is 3.52. The van der Waals surface area contributed by atoms with Gasteiger partial charge in [-0.1, -0.05) is 19.3 Å². The number of carbonyl (C=O) groups is 1. The van der Waals surface area contributed by atoms with Gasteiger partial charge in [-0.25, -0.2) is 0 Å². The largest absolute Gasteiger partial charge is 0.376 e. The first-order chi connectivity index (χ1) is 11.1. The average molecular weight is 326 g/mol. The Kier molecular flexibility index (Phi) is 8.34. The highest BCUT2D eigenvalue weighted by Crippen LogP contribution is 2.24. The lowest BCUT2D eigenvalue weighted by molar-refractivity contribution is -0.122. The van der Waals surface area contributed by atoms with Crippen molar-refractivity contribution >= 4 is 5.91 Å². The molecule has 0 aromatic rings. The van der Waals surface area contributed by atoms with Gasteiger partial charge >= 0.3 is 0 Å². The molecule has 0 spiro atoms. The zero-order chi connectivity index (χ0) is 16.5. The van der Waals surface area contributed by atoms with E-state index in [-0.39, 0.29) is 18.1 Å². The molecule has 0 aromatic carbocycles. The van der Waals surface area contributed by atoms with Crippen LogP contribution in [0, 0.1) is 5.92 Å². The first-order valence-electron chi connectivity index (χ1n) is 9.36. The number of ether oxygens (including phenoxy) is 2. The SMILES string of the molecule is CC(=O)NC(COC1CCNCC1)C(C)OCC1CCCCC1. The zero-order valence-electron chi connectivity index (χ0n) is 14.8. The summed E-state index contributed by atoms with van der Waals surface area (Å²) >= 11 is 0. The summed E-state index contributed by atoms with van der Waals surface area (Å²) in [4.78, 5) is 11.5. The van der Waals surface area contributed by atoms with Crippen LogP contribution in [-0.4, -0.2) is 50.5 Å². The van der Waals surface area contributed by atoms with Crippen molar-refractivity contribution in [3.05, 3.63) is 0 Å². The number of hydrogen-bond acceptors (Lipinski definition) is 4. The Hall–Kier alpha value is -0.650. The molecule has 1 heterocycles. The van der Waals surface area contributed by atoms with Crippen LogP contribution in [-0.2, 0) is 14.3 Å². The quantitative estimate of drug-likeness (QED) is 0.718. The van der Waals surface area contributed by atoms with E-state index in [2.05, 4.69) is 17.6 Å². The summed E-state index contributed by atoms with van der Waals surface area (Å²) in [5.74, 6) is 0.673. The Morgan fingerprint density at radius 2 is 1.87 bits per heavy atom. The second kappa shape index (κ2) is 10.3. The Balaban J connectivity index is 1.74. The van der Waals surface area contributed by atoms with Crippen molar-refractivity contribution in [3.8, 4) is 0 Å². The number of rotatable bonds is 8. The summed E-state index contributed by atoms with van der Waals surface area (Å²) < 4.78 is 12.1. The van der Waals surface area contributed by atoms with E-state index >= 15 is 0 Å².